The standard InChI is InChI=1S/C15H15NO3S/c1-3-10-8-13(20-9(10)2)14(17)16-12-7-5-4-6-11(12)15(18)19/h4-8H,3H2,1-2H3,(H,16,17)(H,18,19). The van der Waals surface area contributed by atoms with Gasteiger partial charge in [-0.2, -0.15) is 0 Å². The molecule has 0 unspecified atom stereocenters. The fraction of sp³-hybridized carbons (Fsp3) is 0.200. The molecule has 1 aromatic heterocycles. The van der Waals surface area contributed by atoms with Gasteiger partial charge in [0.15, 0.2) is 0 Å². The normalized spacial score (nSPS) is 10.3. The third-order valence-corrected chi connectivity index (χ3v) is 4.12. The van der Waals surface area contributed by atoms with E-state index in [0.29, 0.717) is 10.6 Å². The van der Waals surface area contributed by atoms with E-state index in [-0.39, 0.29) is 11.5 Å². The Labute approximate surface area is 121 Å². The Bertz CT molecular complexity index is 661. The van der Waals surface area contributed by atoms with Crippen molar-refractivity contribution in [2.24, 2.45) is 0 Å². The number of anilines is 1. The van der Waals surface area contributed by atoms with Gasteiger partial charge in [-0.3, -0.25) is 4.79 Å². The molecule has 2 aromatic rings. The van der Waals surface area contributed by atoms with Crippen LogP contribution in [0.4, 0.5) is 5.69 Å². The number of carboxylic acid groups (broad SMARTS) is 1. The van der Waals surface area contributed by atoms with Crippen molar-refractivity contribution in [1.82, 2.24) is 0 Å². The number of rotatable bonds is 4. The predicted octanol–water partition coefficient (Wildman–Crippen LogP) is 3.57. The van der Waals surface area contributed by atoms with E-state index in [4.69, 9.17) is 5.11 Å². The molecule has 0 atom stereocenters. The van der Waals surface area contributed by atoms with Crippen molar-refractivity contribution in [3.05, 3.63) is 51.2 Å². The summed E-state index contributed by atoms with van der Waals surface area (Å²) >= 11 is 1.42. The number of amides is 1. The molecule has 0 aliphatic heterocycles. The number of carboxylic acids is 1. The van der Waals surface area contributed by atoms with Gasteiger partial charge in [0.1, 0.15) is 0 Å². The molecule has 0 saturated heterocycles. The third-order valence-electron chi connectivity index (χ3n) is 3.03. The van der Waals surface area contributed by atoms with Crippen molar-refractivity contribution in [3.63, 3.8) is 0 Å². The molecule has 0 aliphatic rings. The number of carbonyl (C=O) groups excluding carboxylic acids is 1. The highest BCUT2D eigenvalue weighted by Gasteiger charge is 2.15. The molecule has 1 amide bonds. The summed E-state index contributed by atoms with van der Waals surface area (Å²) in [5, 5.41) is 11.8. The zero-order valence-corrected chi connectivity index (χ0v) is 12.1. The summed E-state index contributed by atoms with van der Waals surface area (Å²) in [6.45, 7) is 4.02. The van der Waals surface area contributed by atoms with Gasteiger partial charge >= 0.3 is 5.97 Å². The monoisotopic (exact) mass is 289 g/mol. The summed E-state index contributed by atoms with van der Waals surface area (Å²) in [6, 6.07) is 8.24. The molecule has 0 saturated carbocycles. The number of aromatic carboxylic acids is 1. The van der Waals surface area contributed by atoms with E-state index >= 15 is 0 Å². The van der Waals surface area contributed by atoms with Crippen LogP contribution in [-0.2, 0) is 6.42 Å². The largest absolute Gasteiger partial charge is 0.478 e. The lowest BCUT2D eigenvalue weighted by Gasteiger charge is -2.06. The fourth-order valence-corrected chi connectivity index (χ4v) is 2.95. The molecular formula is C15H15NO3S. The van der Waals surface area contributed by atoms with Gasteiger partial charge in [-0.1, -0.05) is 19.1 Å². The van der Waals surface area contributed by atoms with E-state index in [1.807, 2.05) is 19.9 Å². The Morgan fingerprint density at radius 1 is 1.30 bits per heavy atom. The van der Waals surface area contributed by atoms with Gasteiger partial charge in [0.2, 0.25) is 0 Å². The fourth-order valence-electron chi connectivity index (χ4n) is 1.95. The lowest BCUT2D eigenvalue weighted by molar-refractivity contribution is 0.0698. The van der Waals surface area contributed by atoms with E-state index in [0.717, 1.165) is 16.9 Å². The average Bonchev–Trinajstić information content (AvgIpc) is 2.80. The first-order chi connectivity index (χ1) is 9.52. The quantitative estimate of drug-likeness (QED) is 0.904. The van der Waals surface area contributed by atoms with Crippen LogP contribution in [0.3, 0.4) is 0 Å². The summed E-state index contributed by atoms with van der Waals surface area (Å²) in [5.41, 5.74) is 1.55. The van der Waals surface area contributed by atoms with Crippen LogP contribution in [0.2, 0.25) is 0 Å². The van der Waals surface area contributed by atoms with Crippen LogP contribution in [0.25, 0.3) is 0 Å². The molecule has 1 aromatic carbocycles. The minimum absolute atomic E-state index is 0.0878. The number of aryl methyl sites for hydroxylation is 2. The van der Waals surface area contributed by atoms with E-state index in [1.54, 1.807) is 18.2 Å². The summed E-state index contributed by atoms with van der Waals surface area (Å²) < 4.78 is 0. The smallest absolute Gasteiger partial charge is 0.337 e. The van der Waals surface area contributed by atoms with Gasteiger partial charge in [-0.05, 0) is 37.1 Å². The van der Waals surface area contributed by atoms with Gasteiger partial charge in [-0.15, -0.1) is 11.3 Å². The maximum Gasteiger partial charge on any atom is 0.337 e. The second-order valence-electron chi connectivity index (χ2n) is 4.35. The number of hydrogen-bond donors (Lipinski definition) is 2. The van der Waals surface area contributed by atoms with Crippen molar-refractivity contribution >= 4 is 28.9 Å². The summed E-state index contributed by atoms with van der Waals surface area (Å²) in [4.78, 5) is 25.0. The molecule has 20 heavy (non-hydrogen) atoms. The number of para-hydroxylation sites is 1. The van der Waals surface area contributed by atoms with Crippen LogP contribution < -0.4 is 5.32 Å². The second kappa shape index (κ2) is 5.88. The second-order valence-corrected chi connectivity index (χ2v) is 5.61. The zero-order chi connectivity index (χ0) is 14.7. The minimum atomic E-state index is -1.06. The molecule has 0 spiro atoms. The molecule has 104 valence electrons. The summed E-state index contributed by atoms with van der Waals surface area (Å²) in [5.74, 6) is -1.33. The number of benzene rings is 1. The molecule has 2 N–H and O–H groups in total. The first-order valence-corrected chi connectivity index (χ1v) is 7.07. The van der Waals surface area contributed by atoms with Gasteiger partial charge in [0.05, 0.1) is 16.1 Å². The van der Waals surface area contributed by atoms with Crippen molar-refractivity contribution in [1.29, 1.82) is 0 Å². The van der Waals surface area contributed by atoms with E-state index in [2.05, 4.69) is 5.32 Å². The molecule has 0 aliphatic carbocycles. The van der Waals surface area contributed by atoms with Crippen LogP contribution in [-0.4, -0.2) is 17.0 Å². The number of hydrogen-bond acceptors (Lipinski definition) is 3. The predicted molar refractivity (Wildman–Crippen MR) is 79.8 cm³/mol. The molecule has 5 heteroatoms. The Hall–Kier alpha value is -2.14. The summed E-state index contributed by atoms with van der Waals surface area (Å²) in [6.07, 6.45) is 0.876. The van der Waals surface area contributed by atoms with Gasteiger partial charge in [-0.25, -0.2) is 4.79 Å². The molecule has 1 heterocycles. The Morgan fingerprint density at radius 2 is 2.00 bits per heavy atom. The lowest BCUT2D eigenvalue weighted by Crippen LogP contribution is -2.13. The van der Waals surface area contributed by atoms with Crippen molar-refractivity contribution < 1.29 is 14.7 Å². The molecule has 0 radical (unpaired) electrons. The van der Waals surface area contributed by atoms with E-state index < -0.39 is 5.97 Å². The average molecular weight is 289 g/mol. The van der Waals surface area contributed by atoms with Gasteiger partial charge < -0.3 is 10.4 Å². The Morgan fingerprint density at radius 3 is 2.60 bits per heavy atom. The molecule has 2 rings (SSSR count). The van der Waals surface area contributed by atoms with Crippen LogP contribution in [0.15, 0.2) is 30.3 Å². The maximum atomic E-state index is 12.2. The van der Waals surface area contributed by atoms with Crippen LogP contribution in [0.5, 0.6) is 0 Å². The third kappa shape index (κ3) is 2.88. The van der Waals surface area contributed by atoms with E-state index in [9.17, 15) is 9.59 Å². The number of thiophene rings is 1. The first kappa shape index (κ1) is 14.3. The van der Waals surface area contributed by atoms with Crippen LogP contribution >= 0.6 is 11.3 Å². The molecular weight excluding hydrogens is 274 g/mol. The molecule has 4 nitrogen and oxygen atoms in total. The highest BCUT2D eigenvalue weighted by molar-refractivity contribution is 7.14. The minimum Gasteiger partial charge on any atom is -0.478 e. The van der Waals surface area contributed by atoms with Gasteiger partial charge in [0.25, 0.3) is 5.91 Å². The number of nitrogens with one attached hydrogen (secondary N) is 1. The first-order valence-electron chi connectivity index (χ1n) is 6.26. The van der Waals surface area contributed by atoms with Crippen molar-refractivity contribution in [2.45, 2.75) is 20.3 Å². The van der Waals surface area contributed by atoms with Crippen LogP contribution in [0.1, 0.15) is 37.4 Å². The lowest BCUT2D eigenvalue weighted by atomic mass is 10.1. The topological polar surface area (TPSA) is 66.4 Å². The maximum absolute atomic E-state index is 12.2. The van der Waals surface area contributed by atoms with Crippen molar-refractivity contribution in [3.8, 4) is 0 Å². The highest BCUT2D eigenvalue weighted by Crippen LogP contribution is 2.24. The molecule has 0 bridgehead atoms. The Balaban J connectivity index is 2.25. The highest BCUT2D eigenvalue weighted by atomic mass is 32.1. The SMILES string of the molecule is CCc1cc(C(=O)Nc2ccccc2C(=O)O)sc1C. The van der Waals surface area contributed by atoms with Crippen molar-refractivity contribution in [2.75, 3.05) is 5.32 Å². The van der Waals surface area contributed by atoms with Crippen LogP contribution in [0, 0.1) is 6.92 Å². The Kier molecular flexibility index (Phi) is 4.20. The summed E-state index contributed by atoms with van der Waals surface area (Å²) in [7, 11) is 0. The number of carbonyl (C=O) groups is 2. The molecule has 0 fully saturated rings. The van der Waals surface area contributed by atoms with E-state index in [1.165, 1.54) is 17.4 Å². The van der Waals surface area contributed by atoms with Gasteiger partial charge in [0, 0.05) is 4.88 Å². The zero-order valence-electron chi connectivity index (χ0n) is 11.3.